The van der Waals surface area contributed by atoms with E-state index in [1.807, 2.05) is 17.0 Å². The van der Waals surface area contributed by atoms with Gasteiger partial charge >= 0.3 is 0 Å². The van der Waals surface area contributed by atoms with Crippen LogP contribution in [0, 0.1) is 11.3 Å². The van der Waals surface area contributed by atoms with Crippen molar-refractivity contribution in [3.63, 3.8) is 0 Å². The Hall–Kier alpha value is -1.93. The van der Waals surface area contributed by atoms with E-state index in [1.54, 1.807) is 23.6 Å². The van der Waals surface area contributed by atoms with E-state index < -0.39 is 0 Å². The zero-order chi connectivity index (χ0) is 12.1. The topological polar surface area (TPSA) is 52.8 Å². The van der Waals surface area contributed by atoms with Crippen LogP contribution in [0.2, 0.25) is 0 Å². The Morgan fingerprint density at radius 1 is 1.47 bits per heavy atom. The van der Waals surface area contributed by atoms with Gasteiger partial charge in [0.15, 0.2) is 0 Å². The molecule has 0 radical (unpaired) electrons. The molecule has 0 saturated carbocycles. The molecule has 0 atom stereocenters. The molecule has 0 spiro atoms. The van der Waals surface area contributed by atoms with Gasteiger partial charge in [0.05, 0.1) is 6.54 Å². The highest BCUT2D eigenvalue weighted by atomic mass is 32.1. The van der Waals surface area contributed by atoms with Gasteiger partial charge in [-0.1, -0.05) is 6.07 Å². The lowest BCUT2D eigenvalue weighted by Crippen LogP contribution is -2.23. The van der Waals surface area contributed by atoms with E-state index >= 15 is 0 Å². The second-order valence-electron chi connectivity index (χ2n) is 3.45. The molecule has 0 N–H and O–H groups in total. The molecule has 0 aliphatic rings. The third-order valence-corrected chi connectivity index (χ3v) is 3.21. The molecule has 0 unspecified atom stereocenters. The van der Waals surface area contributed by atoms with Crippen molar-refractivity contribution in [2.24, 2.45) is 0 Å². The maximum absolute atomic E-state index is 8.82. The third kappa shape index (κ3) is 2.80. The van der Waals surface area contributed by atoms with Crippen molar-refractivity contribution in [3.8, 4) is 6.07 Å². The van der Waals surface area contributed by atoms with Crippen molar-refractivity contribution < 1.29 is 0 Å². The summed E-state index contributed by atoms with van der Waals surface area (Å²) in [6, 6.07) is 7.76. The molecule has 0 aromatic carbocycles. The molecule has 2 rings (SSSR count). The van der Waals surface area contributed by atoms with Crippen LogP contribution in [0.5, 0.6) is 0 Å². The van der Waals surface area contributed by atoms with E-state index in [1.165, 1.54) is 4.88 Å². The smallest absolute Gasteiger partial charge is 0.226 e. The van der Waals surface area contributed by atoms with Gasteiger partial charge in [-0.2, -0.15) is 5.26 Å². The molecule has 2 aromatic heterocycles. The summed E-state index contributed by atoms with van der Waals surface area (Å²) in [5.41, 5.74) is 0.402. The maximum Gasteiger partial charge on any atom is 0.226 e. The maximum atomic E-state index is 8.82. The first-order valence-corrected chi connectivity index (χ1v) is 6.22. The minimum absolute atomic E-state index is 0.402. The molecule has 2 aromatic rings. The predicted octanol–water partition coefficient (Wildman–Crippen LogP) is 2.44. The molecule has 5 heteroatoms. The van der Waals surface area contributed by atoms with Crippen LogP contribution in [0.4, 0.5) is 5.95 Å². The number of thiophene rings is 1. The zero-order valence-corrected chi connectivity index (χ0v) is 10.3. The highest BCUT2D eigenvalue weighted by Gasteiger charge is 2.09. The van der Waals surface area contributed by atoms with Crippen molar-refractivity contribution in [2.75, 3.05) is 11.4 Å². The summed E-state index contributed by atoms with van der Waals surface area (Å²) in [5.74, 6) is 0.611. The number of hydrogen-bond acceptors (Lipinski definition) is 5. The van der Waals surface area contributed by atoms with Gasteiger partial charge in [0.25, 0.3) is 0 Å². The Labute approximate surface area is 104 Å². The van der Waals surface area contributed by atoms with Crippen LogP contribution < -0.4 is 4.90 Å². The van der Waals surface area contributed by atoms with Crippen LogP contribution in [-0.2, 0) is 6.54 Å². The predicted molar refractivity (Wildman–Crippen MR) is 67.8 cm³/mol. The molecule has 0 aliphatic heterocycles. The van der Waals surface area contributed by atoms with Crippen LogP contribution in [0.1, 0.15) is 17.5 Å². The molecule has 0 bridgehead atoms. The van der Waals surface area contributed by atoms with Crippen LogP contribution in [-0.4, -0.2) is 16.5 Å². The second kappa shape index (κ2) is 5.41. The van der Waals surface area contributed by atoms with Gasteiger partial charge < -0.3 is 4.90 Å². The Kier molecular flexibility index (Phi) is 3.68. The minimum Gasteiger partial charge on any atom is -0.336 e. The standard InChI is InChI=1S/C12H12N4S/c1-2-16(9-11-4-3-7-17-11)12-14-6-5-10(8-13)15-12/h3-7H,2,9H2,1H3. The first-order valence-electron chi connectivity index (χ1n) is 5.34. The molecule has 0 saturated heterocycles. The van der Waals surface area contributed by atoms with E-state index in [-0.39, 0.29) is 0 Å². The summed E-state index contributed by atoms with van der Waals surface area (Å²) in [5, 5.41) is 10.9. The van der Waals surface area contributed by atoms with Gasteiger partial charge in [-0.3, -0.25) is 0 Å². The summed E-state index contributed by atoms with van der Waals surface area (Å²) in [6.45, 7) is 3.64. The van der Waals surface area contributed by atoms with Crippen LogP contribution in [0.3, 0.4) is 0 Å². The SMILES string of the molecule is CCN(Cc1cccs1)c1nccc(C#N)n1. The molecule has 4 nitrogen and oxygen atoms in total. The number of rotatable bonds is 4. The third-order valence-electron chi connectivity index (χ3n) is 2.35. The molecule has 86 valence electrons. The lowest BCUT2D eigenvalue weighted by molar-refractivity contribution is 0.798. The Bertz CT molecular complexity index is 516. The molecule has 17 heavy (non-hydrogen) atoms. The van der Waals surface area contributed by atoms with E-state index in [4.69, 9.17) is 5.26 Å². The summed E-state index contributed by atoms with van der Waals surface area (Å²) in [6.07, 6.45) is 1.62. The van der Waals surface area contributed by atoms with E-state index in [2.05, 4.69) is 28.3 Å². The normalized spacial score (nSPS) is 9.88. The van der Waals surface area contributed by atoms with Gasteiger partial charge in [0.1, 0.15) is 11.8 Å². The highest BCUT2D eigenvalue weighted by molar-refractivity contribution is 7.09. The molecule has 0 aliphatic carbocycles. The second-order valence-corrected chi connectivity index (χ2v) is 4.48. The van der Waals surface area contributed by atoms with Gasteiger partial charge in [-0.05, 0) is 24.4 Å². The first-order chi connectivity index (χ1) is 8.33. The fourth-order valence-electron chi connectivity index (χ4n) is 1.48. The highest BCUT2D eigenvalue weighted by Crippen LogP contribution is 2.15. The molecule has 2 heterocycles. The van der Waals surface area contributed by atoms with Gasteiger partial charge in [0, 0.05) is 17.6 Å². The average molecular weight is 244 g/mol. The Morgan fingerprint density at radius 3 is 3.00 bits per heavy atom. The van der Waals surface area contributed by atoms with E-state index in [0.29, 0.717) is 11.6 Å². The lowest BCUT2D eigenvalue weighted by Gasteiger charge is -2.19. The fourth-order valence-corrected chi connectivity index (χ4v) is 2.20. The quantitative estimate of drug-likeness (QED) is 0.829. The zero-order valence-electron chi connectivity index (χ0n) is 9.50. The average Bonchev–Trinajstić information content (AvgIpc) is 2.89. The molecule has 0 fully saturated rings. The van der Waals surface area contributed by atoms with Crippen molar-refractivity contribution in [1.29, 1.82) is 5.26 Å². The minimum atomic E-state index is 0.402. The van der Waals surface area contributed by atoms with Crippen LogP contribution in [0.15, 0.2) is 29.8 Å². The van der Waals surface area contributed by atoms with E-state index in [0.717, 1.165) is 13.1 Å². The van der Waals surface area contributed by atoms with Crippen molar-refractivity contribution in [3.05, 3.63) is 40.3 Å². The summed E-state index contributed by atoms with van der Waals surface area (Å²) in [7, 11) is 0. The number of hydrogen-bond donors (Lipinski definition) is 0. The molecular weight excluding hydrogens is 232 g/mol. The Morgan fingerprint density at radius 2 is 2.35 bits per heavy atom. The fraction of sp³-hybridized carbons (Fsp3) is 0.250. The van der Waals surface area contributed by atoms with Crippen LogP contribution >= 0.6 is 11.3 Å². The number of nitriles is 1. The Balaban J connectivity index is 2.20. The summed E-state index contributed by atoms with van der Waals surface area (Å²) in [4.78, 5) is 11.7. The van der Waals surface area contributed by atoms with Crippen molar-refractivity contribution in [1.82, 2.24) is 9.97 Å². The van der Waals surface area contributed by atoms with Gasteiger partial charge in [-0.15, -0.1) is 11.3 Å². The first kappa shape index (κ1) is 11.6. The molecular formula is C12H12N4S. The number of aromatic nitrogens is 2. The van der Waals surface area contributed by atoms with Crippen LogP contribution in [0.25, 0.3) is 0 Å². The summed E-state index contributed by atoms with van der Waals surface area (Å²) >= 11 is 1.71. The van der Waals surface area contributed by atoms with E-state index in [9.17, 15) is 0 Å². The van der Waals surface area contributed by atoms with Gasteiger partial charge in [0.2, 0.25) is 5.95 Å². The summed E-state index contributed by atoms with van der Waals surface area (Å²) < 4.78 is 0. The van der Waals surface area contributed by atoms with Gasteiger partial charge in [-0.25, -0.2) is 9.97 Å². The number of anilines is 1. The van der Waals surface area contributed by atoms with Crippen molar-refractivity contribution in [2.45, 2.75) is 13.5 Å². The largest absolute Gasteiger partial charge is 0.336 e. The lowest BCUT2D eigenvalue weighted by atomic mass is 10.4. The molecule has 0 amide bonds. The monoisotopic (exact) mass is 244 g/mol. The van der Waals surface area contributed by atoms with Crippen molar-refractivity contribution >= 4 is 17.3 Å². The number of nitrogens with zero attached hydrogens (tertiary/aromatic N) is 4.